The Labute approximate surface area is 152 Å². The highest BCUT2D eigenvalue weighted by Crippen LogP contribution is 2.32. The first-order valence-corrected chi connectivity index (χ1v) is 8.48. The second-order valence-electron chi connectivity index (χ2n) is 6.17. The van der Waals surface area contributed by atoms with Crippen molar-refractivity contribution in [3.63, 3.8) is 0 Å². The maximum atomic E-state index is 12.2. The van der Waals surface area contributed by atoms with Crippen molar-refractivity contribution >= 4 is 11.9 Å². The quantitative estimate of drug-likeness (QED) is 0.807. The van der Waals surface area contributed by atoms with E-state index in [0.717, 1.165) is 5.56 Å². The third-order valence-electron chi connectivity index (χ3n) is 4.21. The molecule has 0 spiro atoms. The maximum Gasteiger partial charge on any atom is 0.339 e. The Balaban J connectivity index is 1.51. The molecule has 1 N–H and O–H groups in total. The summed E-state index contributed by atoms with van der Waals surface area (Å²) in [7, 11) is 0. The molecule has 0 fully saturated rings. The largest absolute Gasteiger partial charge is 0.454 e. The molecule has 1 amide bonds. The molecule has 1 aliphatic heterocycles. The van der Waals surface area contributed by atoms with Gasteiger partial charge in [-0.1, -0.05) is 37.3 Å². The lowest BCUT2D eigenvalue weighted by atomic mass is 10.0. The average Bonchev–Trinajstić information content (AvgIpc) is 3.14. The van der Waals surface area contributed by atoms with E-state index in [2.05, 4.69) is 5.32 Å². The number of ether oxygens (including phenoxy) is 3. The highest BCUT2D eigenvalue weighted by Gasteiger charge is 2.22. The summed E-state index contributed by atoms with van der Waals surface area (Å²) in [6.07, 6.45) is -0.893. The number of nitrogens with one attached hydrogen (secondary N) is 1. The van der Waals surface area contributed by atoms with Gasteiger partial charge >= 0.3 is 5.97 Å². The van der Waals surface area contributed by atoms with Crippen LogP contribution in [0.4, 0.5) is 0 Å². The predicted octanol–water partition coefficient (Wildman–Crippen LogP) is 2.88. The summed E-state index contributed by atoms with van der Waals surface area (Å²) >= 11 is 0. The monoisotopic (exact) mass is 355 g/mol. The second kappa shape index (κ2) is 7.91. The number of hydrogen-bond acceptors (Lipinski definition) is 5. The summed E-state index contributed by atoms with van der Waals surface area (Å²) in [4.78, 5) is 24.4. The van der Waals surface area contributed by atoms with Crippen molar-refractivity contribution in [3.8, 4) is 11.5 Å². The number of benzene rings is 2. The molecular weight excluding hydrogens is 334 g/mol. The standard InChI is InChI=1S/C20H21NO5/c1-13(15-6-4-3-5-7-15)11-21-19(22)14(2)26-20(23)16-8-9-17-18(10-16)25-12-24-17/h3-10,13-14H,11-12H2,1-2H3,(H,21,22)/t13-,14+/m1/s1. The van der Waals surface area contributed by atoms with Crippen LogP contribution < -0.4 is 14.8 Å². The zero-order valence-corrected chi connectivity index (χ0v) is 14.7. The van der Waals surface area contributed by atoms with Crippen molar-refractivity contribution < 1.29 is 23.8 Å². The van der Waals surface area contributed by atoms with Crippen molar-refractivity contribution in [3.05, 3.63) is 59.7 Å². The number of rotatable bonds is 6. The molecule has 0 unspecified atom stereocenters. The normalized spacial score (nSPS) is 14.4. The molecular formula is C20H21NO5. The van der Waals surface area contributed by atoms with E-state index in [1.54, 1.807) is 25.1 Å². The second-order valence-corrected chi connectivity index (χ2v) is 6.17. The van der Waals surface area contributed by atoms with E-state index in [0.29, 0.717) is 23.6 Å². The molecule has 136 valence electrons. The van der Waals surface area contributed by atoms with Crippen LogP contribution in [-0.4, -0.2) is 31.3 Å². The number of carbonyl (C=O) groups excluding carboxylic acids is 2. The zero-order valence-electron chi connectivity index (χ0n) is 14.7. The van der Waals surface area contributed by atoms with Gasteiger partial charge in [-0.15, -0.1) is 0 Å². The van der Waals surface area contributed by atoms with Gasteiger partial charge in [0.1, 0.15) is 0 Å². The lowest BCUT2D eigenvalue weighted by Gasteiger charge is -2.16. The predicted molar refractivity (Wildman–Crippen MR) is 95.3 cm³/mol. The lowest BCUT2D eigenvalue weighted by Crippen LogP contribution is -2.37. The van der Waals surface area contributed by atoms with Gasteiger partial charge in [0.2, 0.25) is 6.79 Å². The van der Waals surface area contributed by atoms with Gasteiger partial charge in [0.05, 0.1) is 5.56 Å². The van der Waals surface area contributed by atoms with Crippen molar-refractivity contribution in [2.75, 3.05) is 13.3 Å². The van der Waals surface area contributed by atoms with Gasteiger partial charge in [-0.25, -0.2) is 4.79 Å². The van der Waals surface area contributed by atoms with E-state index in [-0.39, 0.29) is 18.6 Å². The Morgan fingerprint density at radius 1 is 1.08 bits per heavy atom. The molecule has 1 heterocycles. The van der Waals surface area contributed by atoms with Crippen LogP contribution in [0.1, 0.15) is 35.7 Å². The van der Waals surface area contributed by atoms with Gasteiger partial charge in [0.25, 0.3) is 5.91 Å². The topological polar surface area (TPSA) is 73.9 Å². The van der Waals surface area contributed by atoms with Crippen molar-refractivity contribution in [2.24, 2.45) is 0 Å². The Morgan fingerprint density at radius 3 is 2.58 bits per heavy atom. The van der Waals surface area contributed by atoms with Crippen LogP contribution in [0, 0.1) is 0 Å². The smallest absolute Gasteiger partial charge is 0.339 e. The molecule has 0 radical (unpaired) electrons. The summed E-state index contributed by atoms with van der Waals surface area (Å²) in [5.74, 6) is 0.330. The number of esters is 1. The van der Waals surface area contributed by atoms with Crippen molar-refractivity contribution in [1.29, 1.82) is 0 Å². The molecule has 2 atom stereocenters. The van der Waals surface area contributed by atoms with Crippen LogP contribution in [0.15, 0.2) is 48.5 Å². The van der Waals surface area contributed by atoms with E-state index in [9.17, 15) is 9.59 Å². The molecule has 6 heteroatoms. The van der Waals surface area contributed by atoms with Gasteiger partial charge in [-0.3, -0.25) is 4.79 Å². The molecule has 0 saturated heterocycles. The number of fused-ring (bicyclic) bond motifs is 1. The maximum absolute atomic E-state index is 12.2. The van der Waals surface area contributed by atoms with Crippen LogP contribution in [0.5, 0.6) is 11.5 Å². The summed E-state index contributed by atoms with van der Waals surface area (Å²) in [6, 6.07) is 14.7. The summed E-state index contributed by atoms with van der Waals surface area (Å²) < 4.78 is 15.7. The summed E-state index contributed by atoms with van der Waals surface area (Å²) in [5, 5.41) is 2.82. The van der Waals surface area contributed by atoms with Crippen LogP contribution in [-0.2, 0) is 9.53 Å². The van der Waals surface area contributed by atoms with Gasteiger partial charge in [-0.2, -0.15) is 0 Å². The van der Waals surface area contributed by atoms with E-state index in [1.165, 1.54) is 0 Å². The molecule has 2 aromatic carbocycles. The molecule has 26 heavy (non-hydrogen) atoms. The molecule has 0 saturated carbocycles. The van der Waals surface area contributed by atoms with Crippen LogP contribution in [0.2, 0.25) is 0 Å². The Morgan fingerprint density at radius 2 is 1.81 bits per heavy atom. The minimum atomic E-state index is -0.893. The zero-order chi connectivity index (χ0) is 18.5. The minimum Gasteiger partial charge on any atom is -0.454 e. The number of hydrogen-bond donors (Lipinski definition) is 1. The minimum absolute atomic E-state index is 0.131. The fraction of sp³-hybridized carbons (Fsp3) is 0.300. The molecule has 1 aliphatic rings. The van der Waals surface area contributed by atoms with Gasteiger partial charge in [-0.05, 0) is 36.6 Å². The van der Waals surface area contributed by atoms with Crippen molar-refractivity contribution in [1.82, 2.24) is 5.32 Å². The summed E-state index contributed by atoms with van der Waals surface area (Å²) in [6.45, 7) is 4.17. The van der Waals surface area contributed by atoms with Gasteiger partial charge in [0.15, 0.2) is 17.6 Å². The summed E-state index contributed by atoms with van der Waals surface area (Å²) in [5.41, 5.74) is 1.45. The van der Waals surface area contributed by atoms with E-state index in [4.69, 9.17) is 14.2 Å². The molecule has 3 rings (SSSR count). The highest BCUT2D eigenvalue weighted by atomic mass is 16.7. The van der Waals surface area contributed by atoms with E-state index >= 15 is 0 Å². The fourth-order valence-corrected chi connectivity index (χ4v) is 2.60. The van der Waals surface area contributed by atoms with Gasteiger partial charge < -0.3 is 19.5 Å². The molecule has 0 bridgehead atoms. The van der Waals surface area contributed by atoms with Gasteiger partial charge in [0, 0.05) is 6.54 Å². The first-order chi connectivity index (χ1) is 12.5. The molecule has 0 aliphatic carbocycles. The third kappa shape index (κ3) is 4.14. The first kappa shape index (κ1) is 17.8. The van der Waals surface area contributed by atoms with Crippen molar-refractivity contribution in [2.45, 2.75) is 25.9 Å². The first-order valence-electron chi connectivity index (χ1n) is 8.48. The third-order valence-corrected chi connectivity index (χ3v) is 4.21. The SMILES string of the molecule is C[C@H](OC(=O)c1ccc2c(c1)OCO2)C(=O)NC[C@@H](C)c1ccccc1. The molecule has 2 aromatic rings. The Kier molecular flexibility index (Phi) is 5.41. The number of carbonyl (C=O) groups is 2. The highest BCUT2D eigenvalue weighted by molar-refractivity contribution is 5.92. The Hall–Kier alpha value is -3.02. The van der Waals surface area contributed by atoms with Crippen LogP contribution in [0.25, 0.3) is 0 Å². The Bertz CT molecular complexity index is 790. The fourth-order valence-electron chi connectivity index (χ4n) is 2.60. The van der Waals surface area contributed by atoms with Crippen LogP contribution in [0.3, 0.4) is 0 Å². The average molecular weight is 355 g/mol. The van der Waals surface area contributed by atoms with E-state index < -0.39 is 12.1 Å². The number of amides is 1. The van der Waals surface area contributed by atoms with E-state index in [1.807, 2.05) is 37.3 Å². The van der Waals surface area contributed by atoms with Crippen LogP contribution >= 0.6 is 0 Å². The molecule has 6 nitrogen and oxygen atoms in total. The lowest BCUT2D eigenvalue weighted by molar-refractivity contribution is -0.129. The molecule has 0 aromatic heterocycles.